The van der Waals surface area contributed by atoms with Crippen LogP contribution in [0.25, 0.3) is 11.3 Å². The molecule has 0 amide bonds. The van der Waals surface area contributed by atoms with E-state index >= 15 is 0 Å². The second kappa shape index (κ2) is 4.97. The van der Waals surface area contributed by atoms with Crippen molar-refractivity contribution in [1.29, 1.82) is 0 Å². The summed E-state index contributed by atoms with van der Waals surface area (Å²) in [6.45, 7) is 0.747. The standard InChI is InChI=1S/C14H14N4O/c19-14-12(10-15-17-14)13-6-8-16-18(13)9-7-11-4-2-1-3-5-11/h1-6,8,10H,7,9H2,(H2,15,17,19). The number of aromatic amines is 2. The van der Waals surface area contributed by atoms with Crippen LogP contribution in [0.3, 0.4) is 0 Å². The van der Waals surface area contributed by atoms with Crippen molar-refractivity contribution >= 4 is 0 Å². The van der Waals surface area contributed by atoms with Crippen LogP contribution in [0.1, 0.15) is 5.56 Å². The van der Waals surface area contributed by atoms with E-state index in [1.54, 1.807) is 12.4 Å². The van der Waals surface area contributed by atoms with Gasteiger partial charge in [0.25, 0.3) is 5.56 Å². The van der Waals surface area contributed by atoms with Gasteiger partial charge in [0.05, 0.1) is 11.3 Å². The Balaban J connectivity index is 1.82. The third-order valence-corrected chi connectivity index (χ3v) is 3.09. The minimum atomic E-state index is -0.124. The van der Waals surface area contributed by atoms with E-state index in [4.69, 9.17) is 0 Å². The van der Waals surface area contributed by atoms with E-state index in [-0.39, 0.29) is 5.56 Å². The average Bonchev–Trinajstić information content (AvgIpc) is 3.05. The van der Waals surface area contributed by atoms with Gasteiger partial charge in [-0.3, -0.25) is 14.6 Å². The zero-order valence-electron chi connectivity index (χ0n) is 10.3. The summed E-state index contributed by atoms with van der Waals surface area (Å²) in [5, 5.41) is 9.52. The Labute approximate surface area is 109 Å². The molecule has 19 heavy (non-hydrogen) atoms. The van der Waals surface area contributed by atoms with Gasteiger partial charge < -0.3 is 5.10 Å². The predicted octanol–water partition coefficient (Wildman–Crippen LogP) is 1.81. The highest BCUT2D eigenvalue weighted by molar-refractivity contribution is 5.56. The van der Waals surface area contributed by atoms with Crippen LogP contribution in [0.2, 0.25) is 0 Å². The monoisotopic (exact) mass is 254 g/mol. The highest BCUT2D eigenvalue weighted by atomic mass is 16.1. The van der Waals surface area contributed by atoms with Crippen molar-refractivity contribution < 1.29 is 0 Å². The number of benzene rings is 1. The Kier molecular flexibility index (Phi) is 3.02. The van der Waals surface area contributed by atoms with Crippen molar-refractivity contribution in [2.75, 3.05) is 0 Å². The lowest BCUT2D eigenvalue weighted by molar-refractivity contribution is 0.621. The fourth-order valence-corrected chi connectivity index (χ4v) is 2.12. The topological polar surface area (TPSA) is 66.5 Å². The second-order valence-electron chi connectivity index (χ2n) is 4.33. The van der Waals surface area contributed by atoms with Gasteiger partial charge >= 0.3 is 0 Å². The summed E-state index contributed by atoms with van der Waals surface area (Å²) >= 11 is 0. The predicted molar refractivity (Wildman–Crippen MR) is 72.8 cm³/mol. The summed E-state index contributed by atoms with van der Waals surface area (Å²) < 4.78 is 1.85. The summed E-state index contributed by atoms with van der Waals surface area (Å²) in [6.07, 6.45) is 4.27. The molecule has 0 radical (unpaired) electrons. The van der Waals surface area contributed by atoms with Gasteiger partial charge in [-0.1, -0.05) is 30.3 Å². The average molecular weight is 254 g/mol. The van der Waals surface area contributed by atoms with E-state index in [0.29, 0.717) is 5.56 Å². The third-order valence-electron chi connectivity index (χ3n) is 3.09. The van der Waals surface area contributed by atoms with Crippen LogP contribution >= 0.6 is 0 Å². The van der Waals surface area contributed by atoms with Gasteiger partial charge in [0.15, 0.2) is 0 Å². The molecule has 5 heteroatoms. The maximum absolute atomic E-state index is 11.6. The van der Waals surface area contributed by atoms with Crippen molar-refractivity contribution in [3.05, 3.63) is 64.7 Å². The van der Waals surface area contributed by atoms with Gasteiger partial charge in [-0.2, -0.15) is 5.10 Å². The lowest BCUT2D eigenvalue weighted by Crippen LogP contribution is -2.09. The summed E-state index contributed by atoms with van der Waals surface area (Å²) in [5.41, 5.74) is 2.58. The first-order valence-electron chi connectivity index (χ1n) is 6.17. The number of H-pyrrole nitrogens is 2. The maximum atomic E-state index is 11.6. The molecule has 2 aromatic heterocycles. The smallest absolute Gasteiger partial charge is 0.273 e. The molecule has 2 heterocycles. The highest BCUT2D eigenvalue weighted by Crippen LogP contribution is 2.14. The summed E-state index contributed by atoms with van der Waals surface area (Å²) in [7, 11) is 0. The van der Waals surface area contributed by atoms with Crippen molar-refractivity contribution in [2.45, 2.75) is 13.0 Å². The molecule has 3 aromatic rings. The van der Waals surface area contributed by atoms with Gasteiger partial charge in [0.1, 0.15) is 0 Å². The molecule has 0 unspecified atom stereocenters. The van der Waals surface area contributed by atoms with E-state index < -0.39 is 0 Å². The quantitative estimate of drug-likeness (QED) is 0.745. The van der Waals surface area contributed by atoms with Crippen LogP contribution in [0, 0.1) is 0 Å². The molecule has 0 bridgehead atoms. The second-order valence-corrected chi connectivity index (χ2v) is 4.33. The zero-order valence-corrected chi connectivity index (χ0v) is 10.3. The van der Waals surface area contributed by atoms with Crippen LogP contribution in [0.15, 0.2) is 53.6 Å². The van der Waals surface area contributed by atoms with Gasteiger partial charge in [-0.05, 0) is 18.1 Å². The molecule has 3 rings (SSSR count). The molecular formula is C14H14N4O. The van der Waals surface area contributed by atoms with Crippen LogP contribution < -0.4 is 5.56 Å². The molecule has 0 saturated carbocycles. The SMILES string of the molecule is O=c1[nH][nH]cc1-c1ccnn1CCc1ccccc1. The lowest BCUT2D eigenvalue weighted by atomic mass is 10.1. The molecule has 1 aromatic carbocycles. The molecule has 0 fully saturated rings. The van der Waals surface area contributed by atoms with Crippen molar-refractivity contribution in [3.8, 4) is 11.3 Å². The number of nitrogens with one attached hydrogen (secondary N) is 2. The maximum Gasteiger partial charge on any atom is 0.273 e. The third kappa shape index (κ3) is 2.35. The van der Waals surface area contributed by atoms with E-state index in [1.165, 1.54) is 5.56 Å². The fraction of sp³-hybridized carbons (Fsp3) is 0.143. The summed E-state index contributed by atoms with van der Waals surface area (Å²) in [5.74, 6) is 0. The number of hydrogen-bond acceptors (Lipinski definition) is 2. The van der Waals surface area contributed by atoms with Crippen molar-refractivity contribution in [2.24, 2.45) is 0 Å². The van der Waals surface area contributed by atoms with Crippen molar-refractivity contribution in [3.63, 3.8) is 0 Å². The van der Waals surface area contributed by atoms with Crippen LogP contribution in [0.5, 0.6) is 0 Å². The Morgan fingerprint density at radius 2 is 2.00 bits per heavy atom. The first-order chi connectivity index (χ1) is 9.34. The normalized spacial score (nSPS) is 10.7. The summed E-state index contributed by atoms with van der Waals surface area (Å²) in [6, 6.07) is 12.1. The largest absolute Gasteiger partial charge is 0.305 e. The van der Waals surface area contributed by atoms with Gasteiger partial charge in [-0.15, -0.1) is 0 Å². The van der Waals surface area contributed by atoms with E-state index in [2.05, 4.69) is 27.4 Å². The molecule has 0 spiro atoms. The number of aromatic nitrogens is 4. The van der Waals surface area contributed by atoms with Crippen LogP contribution in [-0.2, 0) is 13.0 Å². The summed E-state index contributed by atoms with van der Waals surface area (Å²) in [4.78, 5) is 11.6. The Hall–Kier alpha value is -2.56. The molecule has 0 aliphatic carbocycles. The highest BCUT2D eigenvalue weighted by Gasteiger charge is 2.09. The number of aryl methyl sites for hydroxylation is 2. The fourth-order valence-electron chi connectivity index (χ4n) is 2.12. The molecule has 0 aliphatic rings. The lowest BCUT2D eigenvalue weighted by Gasteiger charge is -2.05. The van der Waals surface area contributed by atoms with Crippen LogP contribution in [-0.4, -0.2) is 20.0 Å². The minimum absolute atomic E-state index is 0.124. The first-order valence-corrected chi connectivity index (χ1v) is 6.17. The Morgan fingerprint density at radius 3 is 2.74 bits per heavy atom. The minimum Gasteiger partial charge on any atom is -0.305 e. The van der Waals surface area contributed by atoms with E-state index in [0.717, 1.165) is 18.7 Å². The van der Waals surface area contributed by atoms with Gasteiger partial charge in [0, 0.05) is 18.9 Å². The molecule has 2 N–H and O–H groups in total. The zero-order chi connectivity index (χ0) is 13.1. The Morgan fingerprint density at radius 1 is 1.16 bits per heavy atom. The van der Waals surface area contributed by atoms with Gasteiger partial charge in [0.2, 0.25) is 0 Å². The molecule has 0 saturated heterocycles. The number of rotatable bonds is 4. The molecular weight excluding hydrogens is 240 g/mol. The van der Waals surface area contributed by atoms with Crippen LogP contribution in [0.4, 0.5) is 0 Å². The molecule has 0 aliphatic heterocycles. The molecule has 0 atom stereocenters. The van der Waals surface area contributed by atoms with Gasteiger partial charge in [-0.25, -0.2) is 0 Å². The van der Waals surface area contributed by atoms with E-state index in [1.807, 2.05) is 28.9 Å². The van der Waals surface area contributed by atoms with E-state index in [9.17, 15) is 4.79 Å². The number of nitrogens with zero attached hydrogens (tertiary/aromatic N) is 2. The number of hydrogen-bond donors (Lipinski definition) is 2. The first kappa shape index (κ1) is 11.5. The Bertz CT molecular complexity index is 708. The van der Waals surface area contributed by atoms with Crippen molar-refractivity contribution in [1.82, 2.24) is 20.0 Å². The molecule has 5 nitrogen and oxygen atoms in total. The molecule has 96 valence electrons.